The first-order valence-corrected chi connectivity index (χ1v) is 2.40. The quantitative estimate of drug-likeness (QED) is 0.431. The fraction of sp³-hybridized carbons (Fsp3) is 0.600. The minimum absolute atomic E-state index is 0.981. The van der Waals surface area contributed by atoms with Gasteiger partial charge < -0.3 is 5.73 Å². The molecule has 0 amide bonds. The van der Waals surface area contributed by atoms with Crippen molar-refractivity contribution in [2.45, 2.75) is 12.8 Å². The van der Waals surface area contributed by atoms with E-state index in [-0.39, 0.29) is 0 Å². The molecule has 1 rings (SSSR count). The van der Waals surface area contributed by atoms with Crippen molar-refractivity contribution < 1.29 is 5.73 Å². The van der Waals surface area contributed by atoms with Gasteiger partial charge in [0.25, 0.3) is 0 Å². The molecule has 0 saturated heterocycles. The van der Waals surface area contributed by atoms with Crippen molar-refractivity contribution in [2.24, 2.45) is 0 Å². The predicted molar refractivity (Wildman–Crippen MR) is 25.1 cm³/mol. The number of hydrogen-bond donors (Lipinski definition) is 1. The lowest BCUT2D eigenvalue weighted by atomic mass is 10.5. The Hall–Kier alpha value is -0.300. The van der Waals surface area contributed by atoms with Gasteiger partial charge in [0, 0.05) is 0 Å². The Morgan fingerprint density at radius 3 is 2.50 bits per heavy atom. The summed E-state index contributed by atoms with van der Waals surface area (Å²) in [5.74, 6) is 0. The van der Waals surface area contributed by atoms with Crippen LogP contribution >= 0.6 is 0 Å². The highest BCUT2D eigenvalue weighted by Crippen LogP contribution is 2.26. The van der Waals surface area contributed by atoms with Crippen LogP contribution in [0.1, 0.15) is 12.8 Å². The molecule has 0 heterocycles. The average molecular weight is 84.1 g/mol. The maximum absolute atomic E-state index is 3.69. The monoisotopic (exact) mass is 84.1 g/mol. The molecule has 0 aromatic heterocycles. The third-order valence-corrected chi connectivity index (χ3v) is 0.972. The number of hydrogen-bond acceptors (Lipinski definition) is 0. The standard InChI is InChI=1S/C5H9N/c6-4-3-5-1-2-5/h3H,1-2,4,6H2/p+1. The van der Waals surface area contributed by atoms with Gasteiger partial charge >= 0.3 is 0 Å². The molecule has 0 radical (unpaired) electrons. The van der Waals surface area contributed by atoms with E-state index in [2.05, 4.69) is 11.8 Å². The summed E-state index contributed by atoms with van der Waals surface area (Å²) in [6.07, 6.45) is 4.89. The van der Waals surface area contributed by atoms with Gasteiger partial charge in [-0.25, -0.2) is 0 Å². The highest BCUT2D eigenvalue weighted by Gasteiger charge is 2.08. The van der Waals surface area contributed by atoms with Crippen LogP contribution in [-0.4, -0.2) is 6.54 Å². The minimum atomic E-state index is 0.981. The van der Waals surface area contributed by atoms with Crippen molar-refractivity contribution in [1.29, 1.82) is 0 Å². The van der Waals surface area contributed by atoms with Crippen LogP contribution in [0.4, 0.5) is 0 Å². The Bertz CT molecular complexity index is 68.0. The molecule has 6 heavy (non-hydrogen) atoms. The predicted octanol–water partition coefficient (Wildman–Crippen LogP) is -0.0515. The third kappa shape index (κ3) is 0.830. The number of quaternary nitrogens is 1. The molecule has 34 valence electrons. The molecule has 0 aromatic rings. The molecule has 1 nitrogen and oxygen atoms in total. The zero-order valence-corrected chi connectivity index (χ0v) is 3.91. The zero-order valence-electron chi connectivity index (χ0n) is 3.91. The normalized spacial score (nSPS) is 17.8. The van der Waals surface area contributed by atoms with Crippen LogP contribution in [0.25, 0.3) is 0 Å². The summed E-state index contributed by atoms with van der Waals surface area (Å²) in [4.78, 5) is 0. The van der Waals surface area contributed by atoms with E-state index in [0.717, 1.165) is 6.54 Å². The maximum atomic E-state index is 3.69. The highest BCUT2D eigenvalue weighted by atomic mass is 14.5. The van der Waals surface area contributed by atoms with E-state index in [0.29, 0.717) is 0 Å². The largest absolute Gasteiger partial charge is 0.354 e. The lowest BCUT2D eigenvalue weighted by Gasteiger charge is -1.66. The second kappa shape index (κ2) is 1.43. The molecule has 1 saturated carbocycles. The number of rotatable bonds is 1. The first-order chi connectivity index (χ1) is 2.93. The van der Waals surface area contributed by atoms with Gasteiger partial charge in [-0.3, -0.25) is 0 Å². The highest BCUT2D eigenvalue weighted by molar-refractivity contribution is 5.15. The Balaban J connectivity index is 2.24. The summed E-state index contributed by atoms with van der Waals surface area (Å²) in [6.45, 7) is 0.981. The van der Waals surface area contributed by atoms with Crippen molar-refractivity contribution >= 4 is 0 Å². The van der Waals surface area contributed by atoms with Crippen molar-refractivity contribution in [3.05, 3.63) is 11.6 Å². The molecule has 0 bridgehead atoms. The van der Waals surface area contributed by atoms with Crippen molar-refractivity contribution in [3.63, 3.8) is 0 Å². The molecule has 1 fully saturated rings. The van der Waals surface area contributed by atoms with Crippen LogP contribution in [-0.2, 0) is 0 Å². The van der Waals surface area contributed by atoms with Gasteiger partial charge in [-0.15, -0.1) is 0 Å². The van der Waals surface area contributed by atoms with Gasteiger partial charge in [-0.05, 0) is 18.9 Å². The van der Waals surface area contributed by atoms with Gasteiger partial charge in [-0.2, -0.15) is 0 Å². The minimum Gasteiger partial charge on any atom is -0.354 e. The molecule has 0 spiro atoms. The van der Waals surface area contributed by atoms with Crippen LogP contribution in [0, 0.1) is 0 Å². The van der Waals surface area contributed by atoms with Gasteiger partial charge in [0.2, 0.25) is 0 Å². The maximum Gasteiger partial charge on any atom is 0.0929 e. The van der Waals surface area contributed by atoms with E-state index in [1.807, 2.05) is 0 Å². The Kier molecular flexibility index (Phi) is 0.926. The molecule has 1 aliphatic carbocycles. The first kappa shape index (κ1) is 3.88. The lowest BCUT2D eigenvalue weighted by Crippen LogP contribution is -2.49. The summed E-state index contributed by atoms with van der Waals surface area (Å²) in [5.41, 5.74) is 5.29. The van der Waals surface area contributed by atoms with Crippen LogP contribution in [0.5, 0.6) is 0 Å². The van der Waals surface area contributed by atoms with E-state index in [9.17, 15) is 0 Å². The topological polar surface area (TPSA) is 27.6 Å². The molecule has 3 N–H and O–H groups in total. The molecular formula is C5H10N+. The van der Waals surface area contributed by atoms with Crippen molar-refractivity contribution in [3.8, 4) is 0 Å². The van der Waals surface area contributed by atoms with Crippen LogP contribution < -0.4 is 5.73 Å². The zero-order chi connectivity index (χ0) is 4.41. The Morgan fingerprint density at radius 1 is 1.67 bits per heavy atom. The second-order valence-electron chi connectivity index (χ2n) is 1.65. The van der Waals surface area contributed by atoms with Gasteiger partial charge in [-0.1, -0.05) is 5.57 Å². The molecule has 0 aliphatic heterocycles. The van der Waals surface area contributed by atoms with E-state index in [1.54, 1.807) is 5.57 Å². The average Bonchev–Trinajstić information content (AvgIpc) is 2.21. The third-order valence-electron chi connectivity index (χ3n) is 0.972. The summed E-state index contributed by atoms with van der Waals surface area (Å²) >= 11 is 0. The van der Waals surface area contributed by atoms with Crippen LogP contribution in [0.2, 0.25) is 0 Å². The fourth-order valence-electron chi connectivity index (χ4n) is 0.480. The molecule has 0 aromatic carbocycles. The van der Waals surface area contributed by atoms with Crippen molar-refractivity contribution in [2.75, 3.05) is 6.54 Å². The van der Waals surface area contributed by atoms with E-state index < -0.39 is 0 Å². The summed E-state index contributed by atoms with van der Waals surface area (Å²) < 4.78 is 0. The van der Waals surface area contributed by atoms with E-state index >= 15 is 0 Å². The molecular weight excluding hydrogens is 74.1 g/mol. The van der Waals surface area contributed by atoms with Crippen molar-refractivity contribution in [1.82, 2.24) is 0 Å². The lowest BCUT2D eigenvalue weighted by molar-refractivity contribution is -0.352. The smallest absolute Gasteiger partial charge is 0.0929 e. The fourth-order valence-corrected chi connectivity index (χ4v) is 0.480. The van der Waals surface area contributed by atoms with Gasteiger partial charge in [0.1, 0.15) is 0 Å². The van der Waals surface area contributed by atoms with E-state index in [4.69, 9.17) is 0 Å². The molecule has 1 aliphatic rings. The van der Waals surface area contributed by atoms with Crippen LogP contribution in [0.15, 0.2) is 11.6 Å². The Morgan fingerprint density at radius 2 is 2.33 bits per heavy atom. The van der Waals surface area contributed by atoms with Crippen LogP contribution in [0.3, 0.4) is 0 Å². The summed E-state index contributed by atoms with van der Waals surface area (Å²) in [7, 11) is 0. The summed E-state index contributed by atoms with van der Waals surface area (Å²) in [6, 6.07) is 0. The second-order valence-corrected chi connectivity index (χ2v) is 1.65. The van der Waals surface area contributed by atoms with E-state index in [1.165, 1.54) is 12.8 Å². The first-order valence-electron chi connectivity index (χ1n) is 2.40. The molecule has 1 heteroatoms. The summed E-state index contributed by atoms with van der Waals surface area (Å²) in [5, 5.41) is 0. The SMILES string of the molecule is [NH3+]CC=C1CC1. The molecule has 0 atom stereocenters. The number of allylic oxidation sites excluding steroid dienone is 1. The van der Waals surface area contributed by atoms with Gasteiger partial charge in [0.15, 0.2) is 0 Å². The Labute approximate surface area is 37.8 Å². The molecule has 0 unspecified atom stereocenters. The van der Waals surface area contributed by atoms with Gasteiger partial charge in [0.05, 0.1) is 6.54 Å².